The average molecular weight is 501 g/mol. The van der Waals surface area contributed by atoms with Crippen LogP contribution >= 0.6 is 0 Å². The number of nitrogens with one attached hydrogen (secondary N) is 1. The first-order valence-electron chi connectivity index (χ1n) is 13.3. The molecule has 37 heavy (non-hydrogen) atoms. The van der Waals surface area contributed by atoms with E-state index < -0.39 is 0 Å². The van der Waals surface area contributed by atoms with Crippen molar-refractivity contribution in [2.75, 3.05) is 10.3 Å². The molecule has 3 aliphatic carbocycles. The molecule has 5 rings (SSSR count). The van der Waals surface area contributed by atoms with Gasteiger partial charge in [0, 0.05) is 53.6 Å². The maximum atomic E-state index is 9.33. The number of hydrazine groups is 1. The predicted octanol–water partition coefficient (Wildman–Crippen LogP) is 3.60. The Balaban J connectivity index is 1.45. The lowest BCUT2D eigenvalue weighted by atomic mass is 9.92. The fourth-order valence-corrected chi connectivity index (χ4v) is 5.33. The van der Waals surface area contributed by atoms with E-state index in [4.69, 9.17) is 22.4 Å². The number of pyridine rings is 2. The third kappa shape index (κ3) is 5.89. The zero-order valence-electron chi connectivity index (χ0n) is 21.2. The Labute approximate surface area is 218 Å². The predicted molar refractivity (Wildman–Crippen MR) is 147 cm³/mol. The van der Waals surface area contributed by atoms with Crippen LogP contribution in [0.3, 0.4) is 0 Å². The summed E-state index contributed by atoms with van der Waals surface area (Å²) < 4.78 is 0. The summed E-state index contributed by atoms with van der Waals surface area (Å²) in [7, 11) is 0. The van der Waals surface area contributed by atoms with E-state index in [0.717, 1.165) is 68.2 Å². The molecule has 10 nitrogen and oxygen atoms in total. The molecule has 194 valence electrons. The van der Waals surface area contributed by atoms with Gasteiger partial charge < -0.3 is 16.9 Å². The highest BCUT2D eigenvalue weighted by Crippen LogP contribution is 2.44. The summed E-state index contributed by atoms with van der Waals surface area (Å²) >= 11 is 0. The van der Waals surface area contributed by atoms with Gasteiger partial charge in [-0.1, -0.05) is 12.8 Å². The van der Waals surface area contributed by atoms with Crippen LogP contribution in [0.4, 0.5) is 17.3 Å². The molecule has 0 aliphatic heterocycles. The van der Waals surface area contributed by atoms with E-state index in [1.165, 1.54) is 17.9 Å². The highest BCUT2D eigenvalue weighted by atomic mass is 15.5. The summed E-state index contributed by atoms with van der Waals surface area (Å²) in [6.45, 7) is 0. The minimum atomic E-state index is 0.234. The fourth-order valence-electron chi connectivity index (χ4n) is 5.33. The number of anilines is 3. The molecule has 2 aromatic heterocycles. The number of aromatic nitrogens is 2. The zero-order valence-corrected chi connectivity index (χ0v) is 21.2. The van der Waals surface area contributed by atoms with Gasteiger partial charge in [0.25, 0.3) is 0 Å². The first-order valence-corrected chi connectivity index (χ1v) is 13.3. The highest BCUT2D eigenvalue weighted by molar-refractivity contribution is 6.39. The van der Waals surface area contributed by atoms with Crippen LogP contribution in [0.5, 0.6) is 0 Å². The van der Waals surface area contributed by atoms with Crippen LogP contribution < -0.4 is 27.7 Å². The van der Waals surface area contributed by atoms with Gasteiger partial charge in [-0.3, -0.25) is 4.99 Å². The van der Waals surface area contributed by atoms with E-state index in [1.807, 2.05) is 12.1 Å². The summed E-state index contributed by atoms with van der Waals surface area (Å²) in [5, 5.41) is 18.6. The quantitative estimate of drug-likeness (QED) is 0.242. The number of hydrazone groups is 1. The van der Waals surface area contributed by atoms with Crippen LogP contribution in [0, 0.1) is 11.3 Å². The van der Waals surface area contributed by atoms with E-state index in [-0.39, 0.29) is 12.1 Å². The highest BCUT2D eigenvalue weighted by Gasteiger charge is 2.30. The van der Waals surface area contributed by atoms with Crippen molar-refractivity contribution < 1.29 is 0 Å². The van der Waals surface area contributed by atoms with Crippen molar-refractivity contribution in [3.63, 3.8) is 0 Å². The molecule has 0 amide bonds. The smallest absolute Gasteiger partial charge is 0.152 e. The van der Waals surface area contributed by atoms with Crippen molar-refractivity contribution in [2.24, 2.45) is 27.5 Å². The second kappa shape index (κ2) is 11.2. The molecule has 0 aromatic carbocycles. The Morgan fingerprint density at radius 1 is 1.05 bits per heavy atom. The van der Waals surface area contributed by atoms with Crippen molar-refractivity contribution in [1.82, 2.24) is 9.97 Å². The van der Waals surface area contributed by atoms with Gasteiger partial charge in [0.15, 0.2) is 11.6 Å². The molecule has 0 bridgehead atoms. The maximum Gasteiger partial charge on any atom is 0.152 e. The third-order valence-electron chi connectivity index (χ3n) is 7.68. The number of nitriles is 1. The Hall–Kier alpha value is -3.55. The Morgan fingerprint density at radius 2 is 1.81 bits per heavy atom. The molecular weight excluding hydrogens is 464 g/mol. The number of hydrogen-bond acceptors (Lipinski definition) is 10. The van der Waals surface area contributed by atoms with Crippen LogP contribution in [0.25, 0.3) is 0 Å². The summed E-state index contributed by atoms with van der Waals surface area (Å²) in [5.41, 5.74) is 9.81. The number of hydrogen-bond donors (Lipinski definition) is 4. The fraction of sp³-hybridized carbons (Fsp3) is 0.519. The van der Waals surface area contributed by atoms with Crippen LogP contribution in [0.15, 0.2) is 34.6 Å². The molecule has 0 saturated heterocycles. The number of aliphatic imine (C=N–C) groups is 1. The minimum Gasteiger partial charge on any atom is -0.382 e. The topological polar surface area (TPSA) is 168 Å². The van der Waals surface area contributed by atoms with Gasteiger partial charge in [-0.05, 0) is 63.4 Å². The van der Waals surface area contributed by atoms with Gasteiger partial charge in [-0.25, -0.2) is 20.8 Å². The van der Waals surface area contributed by atoms with E-state index >= 15 is 0 Å². The summed E-state index contributed by atoms with van der Waals surface area (Å²) in [5.74, 6) is 14.0. The number of rotatable bonds is 8. The molecular formula is C27H36N10. The lowest BCUT2D eigenvalue weighted by Crippen LogP contribution is -2.29. The van der Waals surface area contributed by atoms with Crippen LogP contribution in [0.2, 0.25) is 0 Å². The normalized spacial score (nSPS) is 22.8. The average Bonchev–Trinajstić information content (AvgIpc) is 3.66. The second-order valence-corrected chi connectivity index (χ2v) is 10.5. The van der Waals surface area contributed by atoms with Gasteiger partial charge in [0.05, 0.1) is 11.6 Å². The molecule has 10 heteroatoms. The van der Waals surface area contributed by atoms with Crippen molar-refractivity contribution in [3.05, 3.63) is 41.2 Å². The first kappa shape index (κ1) is 25.1. The van der Waals surface area contributed by atoms with Crippen molar-refractivity contribution >= 4 is 29.2 Å². The minimum absolute atomic E-state index is 0.234. The first-order chi connectivity index (χ1) is 18.1. The largest absolute Gasteiger partial charge is 0.382 e. The number of nitrogens with zero attached hydrogens (tertiary/aromatic N) is 6. The Bertz CT molecular complexity index is 1200. The van der Waals surface area contributed by atoms with Crippen molar-refractivity contribution in [2.45, 2.75) is 88.3 Å². The van der Waals surface area contributed by atoms with E-state index in [1.54, 1.807) is 18.6 Å². The summed E-state index contributed by atoms with van der Waals surface area (Å²) in [6, 6.07) is 6.88. The lowest BCUT2D eigenvalue weighted by Gasteiger charge is -2.24. The molecule has 0 radical (unpaired) electrons. The molecule has 3 fully saturated rings. The van der Waals surface area contributed by atoms with Gasteiger partial charge in [-0.15, -0.1) is 0 Å². The molecule has 0 spiro atoms. The van der Waals surface area contributed by atoms with Gasteiger partial charge in [-0.2, -0.15) is 10.4 Å². The summed E-state index contributed by atoms with van der Waals surface area (Å²) in [4.78, 5) is 14.0. The zero-order chi connectivity index (χ0) is 25.8. The molecule has 2 aromatic rings. The standard InChI is InChI=1S/C27H36N10/c28-13-17-11-22(18-5-6-18)27(34-14-17)37(31)26-12-24(35-21-3-1-2-4-21)23(15-33-26)25(36-30)16-32-20-9-7-19(29)8-10-20/h11-12,14-16,18-21H,1-10,29-31H2,(H,33,35)/b32-16?,36-25+. The van der Waals surface area contributed by atoms with Gasteiger partial charge >= 0.3 is 0 Å². The molecule has 2 heterocycles. The SMILES string of the molecule is N#Cc1cnc(N(N)c2cc(NC3CCCC3)c(/C(C=NC3CCC(N)CC3)=N/N)cn2)c(C2CC2)c1. The van der Waals surface area contributed by atoms with Crippen LogP contribution in [0.1, 0.15) is 86.8 Å². The van der Waals surface area contributed by atoms with E-state index in [0.29, 0.717) is 34.9 Å². The summed E-state index contributed by atoms with van der Waals surface area (Å²) in [6.07, 6.45) is 15.8. The monoisotopic (exact) mass is 500 g/mol. The maximum absolute atomic E-state index is 9.33. The molecule has 3 saturated carbocycles. The van der Waals surface area contributed by atoms with Crippen molar-refractivity contribution in [1.29, 1.82) is 5.26 Å². The van der Waals surface area contributed by atoms with E-state index in [2.05, 4.69) is 26.5 Å². The molecule has 0 atom stereocenters. The van der Waals surface area contributed by atoms with Crippen LogP contribution in [-0.4, -0.2) is 40.0 Å². The second-order valence-electron chi connectivity index (χ2n) is 10.5. The van der Waals surface area contributed by atoms with Crippen LogP contribution in [-0.2, 0) is 0 Å². The van der Waals surface area contributed by atoms with Crippen molar-refractivity contribution in [3.8, 4) is 6.07 Å². The lowest BCUT2D eigenvalue weighted by molar-refractivity contribution is 0.397. The van der Waals surface area contributed by atoms with E-state index in [9.17, 15) is 5.26 Å². The van der Waals surface area contributed by atoms with Gasteiger partial charge in [0.1, 0.15) is 11.8 Å². The number of nitrogens with two attached hydrogens (primary N) is 3. The third-order valence-corrected chi connectivity index (χ3v) is 7.68. The molecule has 0 unspecified atom stereocenters. The Kier molecular flexibility index (Phi) is 7.63. The molecule has 3 aliphatic rings. The van der Waals surface area contributed by atoms with Gasteiger partial charge in [0.2, 0.25) is 0 Å². The molecule has 7 N–H and O–H groups in total. The Morgan fingerprint density at radius 3 is 2.49 bits per heavy atom.